The van der Waals surface area contributed by atoms with Gasteiger partial charge in [0.25, 0.3) is 0 Å². The van der Waals surface area contributed by atoms with Crippen LogP contribution in [-0.4, -0.2) is 56.4 Å². The van der Waals surface area contributed by atoms with E-state index in [0.717, 1.165) is 32.8 Å². The average Bonchev–Trinajstić information content (AvgIpc) is 2.01. The van der Waals surface area contributed by atoms with Crippen LogP contribution in [-0.2, 0) is 2.69 Å². The van der Waals surface area contributed by atoms with E-state index >= 15 is 0 Å². The van der Waals surface area contributed by atoms with Crippen LogP contribution in [0.15, 0.2) is 0 Å². The summed E-state index contributed by atoms with van der Waals surface area (Å²) in [6.45, 7) is 9.75. The molecule has 3 heteroatoms. The van der Waals surface area contributed by atoms with E-state index in [1.54, 1.807) is 0 Å². The van der Waals surface area contributed by atoms with Gasteiger partial charge in [-0.2, -0.15) is 0 Å². The number of hydrogen-bond donors (Lipinski definition) is 0. The molecule has 1 atom stereocenters. The summed E-state index contributed by atoms with van der Waals surface area (Å²) in [5, 5.41) is 0. The van der Waals surface area contributed by atoms with Gasteiger partial charge in [0, 0.05) is 0 Å². The summed E-state index contributed by atoms with van der Waals surface area (Å²) in [5.41, 5.74) is 0.0109. The van der Waals surface area contributed by atoms with Gasteiger partial charge >= 0.3 is 86.7 Å². The van der Waals surface area contributed by atoms with Crippen molar-refractivity contribution in [1.82, 2.24) is 4.90 Å². The molecule has 0 fully saturated rings. The van der Waals surface area contributed by atoms with Crippen LogP contribution in [0.25, 0.3) is 0 Å². The monoisotopic (exact) mass is 352 g/mol. The van der Waals surface area contributed by atoms with Crippen molar-refractivity contribution in [3.05, 3.63) is 0 Å². The zero-order valence-electron chi connectivity index (χ0n) is 8.14. The Labute approximate surface area is 86.6 Å². The minimum absolute atomic E-state index is 0.0109. The molecular weight excluding hydrogens is 333 g/mol. The van der Waals surface area contributed by atoms with Crippen LogP contribution in [0.5, 0.6) is 0 Å². The molecule has 0 aromatic rings. The van der Waals surface area contributed by atoms with Crippen LogP contribution in [0.3, 0.4) is 0 Å². The van der Waals surface area contributed by atoms with Gasteiger partial charge in [-0.3, -0.25) is 0 Å². The molecule has 0 saturated heterocycles. The van der Waals surface area contributed by atoms with Crippen LogP contribution in [0.4, 0.5) is 0 Å². The summed E-state index contributed by atoms with van der Waals surface area (Å²) in [5.74, 6) is 0. The van der Waals surface area contributed by atoms with Crippen molar-refractivity contribution in [2.45, 2.75) is 39.3 Å². The van der Waals surface area contributed by atoms with Crippen molar-refractivity contribution in [3.8, 4) is 0 Å². The molecule has 0 aromatic carbocycles. The molecule has 0 aliphatic carbocycles. The van der Waals surface area contributed by atoms with E-state index in [1.165, 1.54) is 0 Å². The number of hydrogen-bond acceptors (Lipinski definition) is 2. The summed E-state index contributed by atoms with van der Waals surface area (Å²) < 4.78 is 5.52. The fraction of sp³-hybridized carbons (Fsp3) is 1.00. The normalized spacial score (nSPS) is 15.5. The predicted octanol–water partition coefficient (Wildman–Crippen LogP) is 1.21. The van der Waals surface area contributed by atoms with Crippen molar-refractivity contribution in [3.63, 3.8) is 0 Å². The standard InChI is InChI=1S/C8H18NO.Pb/c1-6-9(5)7(2)8(3,4)10;/h7H,6H2,1-5H3;/q-1;+1. The molecule has 0 aliphatic heterocycles. The first-order chi connectivity index (χ1) is 4.95. The Balaban J connectivity index is 4.10. The predicted molar refractivity (Wildman–Crippen MR) is 48.7 cm³/mol. The van der Waals surface area contributed by atoms with Crippen LogP contribution >= 0.6 is 0 Å². The van der Waals surface area contributed by atoms with Gasteiger partial charge in [-0.05, 0) is 0 Å². The minimum atomic E-state index is 0.0109. The van der Waals surface area contributed by atoms with Gasteiger partial charge in [0.15, 0.2) is 0 Å². The molecule has 0 amide bonds. The van der Waals surface area contributed by atoms with Crippen LogP contribution in [0, 0.1) is 0 Å². The Bertz CT molecular complexity index is 117. The Morgan fingerprint density at radius 1 is 1.55 bits per heavy atom. The Morgan fingerprint density at radius 2 is 2.00 bits per heavy atom. The van der Waals surface area contributed by atoms with E-state index in [-0.39, 0.29) is 5.60 Å². The molecule has 0 N–H and O–H groups in total. The third-order valence-corrected chi connectivity index (χ3v) is 4.47. The molecular formula is C8H18NOPb. The summed E-state index contributed by atoms with van der Waals surface area (Å²) in [6, 6.07) is 0.491. The number of nitrogens with zero attached hydrogens (tertiary/aromatic N) is 1. The summed E-state index contributed by atoms with van der Waals surface area (Å²) in [6.07, 6.45) is 0. The molecule has 3 radical (unpaired) electrons. The summed E-state index contributed by atoms with van der Waals surface area (Å²) in [4.78, 5) is 2.30. The molecule has 0 heterocycles. The van der Waals surface area contributed by atoms with Gasteiger partial charge in [0.05, 0.1) is 0 Å². The van der Waals surface area contributed by atoms with Crippen LogP contribution in [0.1, 0.15) is 27.7 Å². The molecule has 0 saturated carbocycles. The quantitative estimate of drug-likeness (QED) is 0.706. The topological polar surface area (TPSA) is 12.5 Å². The maximum absolute atomic E-state index is 5.52. The molecule has 0 aliphatic rings. The van der Waals surface area contributed by atoms with Crippen molar-refractivity contribution < 1.29 is 2.69 Å². The molecule has 1 unspecified atom stereocenters. The fourth-order valence-corrected chi connectivity index (χ4v) is 1.55. The number of likely N-dealkylation sites (N-methyl/N-ethyl adjacent to an activating group) is 1. The second kappa shape index (κ2) is 4.77. The summed E-state index contributed by atoms with van der Waals surface area (Å²) in [7, 11) is 2.13. The van der Waals surface area contributed by atoms with E-state index in [1.807, 2.05) is 0 Å². The molecule has 0 bridgehead atoms. The zero-order chi connectivity index (χ0) is 9.07. The van der Waals surface area contributed by atoms with Crippen molar-refractivity contribution >= 4 is 26.2 Å². The SMILES string of the molecule is CCN(C)C(C)C(C)(C)[O][Pb]. The first-order valence-corrected chi connectivity index (χ1v) is 5.59. The van der Waals surface area contributed by atoms with Gasteiger partial charge in [-0.15, -0.1) is 0 Å². The molecule has 0 rings (SSSR count). The third kappa shape index (κ3) is 3.38. The van der Waals surface area contributed by atoms with Crippen molar-refractivity contribution in [2.75, 3.05) is 13.6 Å². The third-order valence-electron chi connectivity index (χ3n) is 2.43. The first kappa shape index (κ1) is 11.8. The van der Waals surface area contributed by atoms with Crippen molar-refractivity contribution in [2.24, 2.45) is 0 Å². The van der Waals surface area contributed by atoms with Gasteiger partial charge in [-0.25, -0.2) is 0 Å². The Kier molecular flexibility index (Phi) is 5.13. The average molecular weight is 351 g/mol. The van der Waals surface area contributed by atoms with Gasteiger partial charge in [0.2, 0.25) is 0 Å². The van der Waals surface area contributed by atoms with Crippen LogP contribution in [0.2, 0.25) is 0 Å². The molecule has 2 nitrogen and oxygen atoms in total. The van der Waals surface area contributed by atoms with Gasteiger partial charge in [0.1, 0.15) is 0 Å². The first-order valence-electron chi connectivity index (χ1n) is 4.00. The fourth-order valence-electron chi connectivity index (χ4n) is 0.890. The van der Waals surface area contributed by atoms with Gasteiger partial charge < -0.3 is 0 Å². The van der Waals surface area contributed by atoms with E-state index < -0.39 is 0 Å². The molecule has 0 spiro atoms. The molecule has 0 aromatic heterocycles. The zero-order valence-corrected chi connectivity index (χ0v) is 12.0. The molecule has 11 heavy (non-hydrogen) atoms. The van der Waals surface area contributed by atoms with Gasteiger partial charge in [-0.1, -0.05) is 0 Å². The van der Waals surface area contributed by atoms with E-state index in [4.69, 9.17) is 2.69 Å². The van der Waals surface area contributed by atoms with E-state index in [9.17, 15) is 0 Å². The number of rotatable bonds is 4. The Hall–Kier alpha value is 0.842. The van der Waals surface area contributed by atoms with E-state index in [0.29, 0.717) is 6.04 Å². The molecule has 65 valence electrons. The second-order valence-corrected chi connectivity index (χ2v) is 4.25. The second-order valence-electron chi connectivity index (χ2n) is 3.45. The maximum atomic E-state index is 5.52. The Morgan fingerprint density at radius 3 is 2.27 bits per heavy atom. The summed E-state index contributed by atoms with van der Waals surface area (Å²) >= 11 is 0.817. The van der Waals surface area contributed by atoms with Crippen molar-refractivity contribution in [1.29, 1.82) is 0 Å². The van der Waals surface area contributed by atoms with E-state index in [2.05, 4.69) is 39.6 Å². The van der Waals surface area contributed by atoms with Crippen LogP contribution < -0.4 is 0 Å².